The van der Waals surface area contributed by atoms with Gasteiger partial charge < -0.3 is 9.47 Å². The van der Waals surface area contributed by atoms with Crippen molar-refractivity contribution in [3.63, 3.8) is 0 Å². The van der Waals surface area contributed by atoms with E-state index in [0.29, 0.717) is 6.10 Å². The molecular weight excluding hydrogens is 140 g/mol. The monoisotopic (exact) mass is 162 g/mol. The van der Waals surface area contributed by atoms with Crippen molar-refractivity contribution in [2.45, 2.75) is 40.2 Å². The molecule has 70 valence electrons. The third kappa shape index (κ3) is 17.8. The molecule has 0 aromatic heterocycles. The van der Waals surface area contributed by atoms with Gasteiger partial charge in [0.15, 0.2) is 0 Å². The van der Waals surface area contributed by atoms with E-state index in [1.165, 1.54) is 6.42 Å². The Hall–Kier alpha value is -0.0800. The Kier molecular flexibility index (Phi) is 15.4. The van der Waals surface area contributed by atoms with Gasteiger partial charge in [-0.2, -0.15) is 0 Å². The maximum atomic E-state index is 4.82. The van der Waals surface area contributed by atoms with E-state index in [9.17, 15) is 0 Å². The van der Waals surface area contributed by atoms with Crippen LogP contribution in [0.4, 0.5) is 0 Å². The number of rotatable bonds is 2. The van der Waals surface area contributed by atoms with E-state index in [1.54, 1.807) is 7.11 Å². The summed E-state index contributed by atoms with van der Waals surface area (Å²) >= 11 is 0. The topological polar surface area (TPSA) is 21.8 Å². The van der Waals surface area contributed by atoms with Crippen molar-refractivity contribution < 1.29 is 9.47 Å². The highest BCUT2D eigenvalue weighted by molar-refractivity contribution is 4.66. The third-order valence-electron chi connectivity index (χ3n) is 0.755. The second-order valence-electron chi connectivity index (χ2n) is 2.12. The summed E-state index contributed by atoms with van der Waals surface area (Å²) in [5.74, 6) is 0. The highest BCUT2D eigenvalue weighted by Crippen LogP contribution is 2.06. The lowest BCUT2D eigenvalue weighted by Gasteiger charge is -1.84. The lowest BCUT2D eigenvalue weighted by molar-refractivity contribution is 0.171. The molecule has 0 N–H and O–H groups in total. The van der Waals surface area contributed by atoms with Crippen LogP contribution in [0.25, 0.3) is 0 Å². The molecule has 1 aliphatic rings. The van der Waals surface area contributed by atoms with E-state index in [2.05, 4.69) is 13.8 Å². The van der Waals surface area contributed by atoms with Crippen molar-refractivity contribution in [2.24, 2.45) is 0 Å². The van der Waals surface area contributed by atoms with Gasteiger partial charge in [0.2, 0.25) is 0 Å². The molecule has 0 aliphatic carbocycles. The van der Waals surface area contributed by atoms with Crippen molar-refractivity contribution in [3.05, 3.63) is 0 Å². The van der Waals surface area contributed by atoms with Crippen LogP contribution in [0.1, 0.15) is 34.1 Å². The molecule has 1 heterocycles. The highest BCUT2D eigenvalue weighted by atomic mass is 16.6. The molecule has 0 radical (unpaired) electrons. The van der Waals surface area contributed by atoms with Gasteiger partial charge >= 0.3 is 0 Å². The van der Waals surface area contributed by atoms with Crippen molar-refractivity contribution in [2.75, 3.05) is 20.3 Å². The van der Waals surface area contributed by atoms with Gasteiger partial charge in [0, 0.05) is 7.11 Å². The molecule has 0 aromatic rings. The minimum Gasteiger partial charge on any atom is -0.382 e. The van der Waals surface area contributed by atoms with Crippen LogP contribution >= 0.6 is 0 Å². The Balaban J connectivity index is 0. The summed E-state index contributed by atoms with van der Waals surface area (Å²) in [6, 6.07) is 0. The van der Waals surface area contributed by atoms with Crippen LogP contribution in [0.2, 0.25) is 0 Å². The molecule has 2 heteroatoms. The van der Waals surface area contributed by atoms with Crippen molar-refractivity contribution in [3.8, 4) is 0 Å². The molecule has 0 saturated carbocycles. The number of hydrogen-bond donors (Lipinski definition) is 0. The quantitative estimate of drug-likeness (QED) is 0.582. The van der Waals surface area contributed by atoms with Crippen molar-refractivity contribution >= 4 is 0 Å². The number of epoxide rings is 1. The Morgan fingerprint density at radius 3 is 1.82 bits per heavy atom. The van der Waals surface area contributed by atoms with Gasteiger partial charge in [0.25, 0.3) is 0 Å². The lowest BCUT2D eigenvalue weighted by Crippen LogP contribution is -1.94. The van der Waals surface area contributed by atoms with Gasteiger partial charge in [-0.3, -0.25) is 0 Å². The Bertz CT molecular complexity index is 51.5. The molecule has 1 saturated heterocycles. The summed E-state index contributed by atoms with van der Waals surface area (Å²) in [4.78, 5) is 0. The Morgan fingerprint density at radius 2 is 1.73 bits per heavy atom. The fourth-order valence-electron chi connectivity index (χ4n) is 0.350. The smallest absolute Gasteiger partial charge is 0.104 e. The van der Waals surface area contributed by atoms with Gasteiger partial charge in [0.1, 0.15) is 6.10 Å². The molecular formula is C9H22O2. The van der Waals surface area contributed by atoms with Crippen LogP contribution in [0.15, 0.2) is 0 Å². The van der Waals surface area contributed by atoms with Crippen LogP contribution in [0.5, 0.6) is 0 Å². The Labute approximate surface area is 70.9 Å². The molecule has 1 atom stereocenters. The van der Waals surface area contributed by atoms with Gasteiger partial charge in [-0.1, -0.05) is 34.1 Å². The molecule has 2 nitrogen and oxygen atoms in total. The second-order valence-corrected chi connectivity index (χ2v) is 2.12. The van der Waals surface area contributed by atoms with Crippen LogP contribution < -0.4 is 0 Å². The molecule has 0 bridgehead atoms. The number of ether oxygens (including phenoxy) is 2. The van der Waals surface area contributed by atoms with Crippen LogP contribution in [0.3, 0.4) is 0 Å². The van der Waals surface area contributed by atoms with E-state index in [0.717, 1.165) is 13.2 Å². The van der Waals surface area contributed by atoms with Crippen molar-refractivity contribution in [1.29, 1.82) is 0 Å². The van der Waals surface area contributed by atoms with Gasteiger partial charge in [-0.25, -0.2) is 0 Å². The minimum absolute atomic E-state index is 0.426. The standard InChI is InChI=1S/C4H8O2.C3H8.C2H6/c1-5-2-4-3-6-4;1-3-2;1-2/h4H,2-3H2,1H3;3H2,1-2H3;1-2H3. The first kappa shape index (κ1) is 13.5. The molecule has 1 aliphatic heterocycles. The molecule has 1 unspecified atom stereocenters. The summed E-state index contributed by atoms with van der Waals surface area (Å²) in [6.07, 6.45) is 1.68. The minimum atomic E-state index is 0.426. The largest absolute Gasteiger partial charge is 0.382 e. The van der Waals surface area contributed by atoms with E-state index in [4.69, 9.17) is 9.47 Å². The zero-order valence-electron chi connectivity index (χ0n) is 8.52. The van der Waals surface area contributed by atoms with Crippen LogP contribution in [-0.4, -0.2) is 26.4 Å². The fourth-order valence-corrected chi connectivity index (χ4v) is 0.350. The van der Waals surface area contributed by atoms with E-state index < -0.39 is 0 Å². The average Bonchev–Trinajstić information content (AvgIpc) is 2.79. The normalized spacial score (nSPS) is 18.8. The molecule has 11 heavy (non-hydrogen) atoms. The first-order chi connectivity index (χ1) is 5.35. The summed E-state index contributed by atoms with van der Waals surface area (Å²) in [5, 5.41) is 0. The lowest BCUT2D eigenvalue weighted by atomic mass is 10.5. The number of methoxy groups -OCH3 is 1. The van der Waals surface area contributed by atoms with Crippen LogP contribution in [0, 0.1) is 0 Å². The third-order valence-corrected chi connectivity index (χ3v) is 0.755. The highest BCUT2D eigenvalue weighted by Gasteiger charge is 2.21. The summed E-state index contributed by atoms with van der Waals surface area (Å²) in [7, 11) is 1.68. The number of hydrogen-bond acceptors (Lipinski definition) is 2. The maximum Gasteiger partial charge on any atom is 0.104 e. The molecule has 0 amide bonds. The van der Waals surface area contributed by atoms with Crippen LogP contribution in [-0.2, 0) is 9.47 Å². The second kappa shape index (κ2) is 12.6. The molecule has 0 spiro atoms. The average molecular weight is 162 g/mol. The van der Waals surface area contributed by atoms with E-state index in [1.807, 2.05) is 13.8 Å². The summed E-state index contributed by atoms with van der Waals surface area (Å²) < 4.78 is 9.56. The van der Waals surface area contributed by atoms with Gasteiger partial charge in [-0.15, -0.1) is 0 Å². The SMILES string of the molecule is CC.CCC.COCC1CO1. The molecule has 0 aromatic carbocycles. The molecule has 1 fully saturated rings. The van der Waals surface area contributed by atoms with Gasteiger partial charge in [-0.05, 0) is 0 Å². The zero-order chi connectivity index (χ0) is 9.11. The zero-order valence-corrected chi connectivity index (χ0v) is 8.52. The van der Waals surface area contributed by atoms with Crippen molar-refractivity contribution in [1.82, 2.24) is 0 Å². The predicted octanol–water partition coefficient (Wildman–Crippen LogP) is 2.47. The van der Waals surface area contributed by atoms with E-state index in [-0.39, 0.29) is 0 Å². The summed E-state index contributed by atoms with van der Waals surface area (Å²) in [6.45, 7) is 9.91. The first-order valence-electron chi connectivity index (χ1n) is 4.45. The molecule has 1 rings (SSSR count). The fraction of sp³-hybridized carbons (Fsp3) is 1.00. The first-order valence-corrected chi connectivity index (χ1v) is 4.45. The predicted molar refractivity (Wildman–Crippen MR) is 48.9 cm³/mol. The van der Waals surface area contributed by atoms with Gasteiger partial charge in [0.05, 0.1) is 13.2 Å². The Morgan fingerprint density at radius 1 is 1.36 bits per heavy atom. The summed E-state index contributed by atoms with van der Waals surface area (Å²) in [5.41, 5.74) is 0. The van der Waals surface area contributed by atoms with E-state index >= 15 is 0 Å². The maximum absolute atomic E-state index is 4.82.